The lowest BCUT2D eigenvalue weighted by Crippen LogP contribution is -2.28. The summed E-state index contributed by atoms with van der Waals surface area (Å²) in [5.74, 6) is 0.499. The number of halogens is 1. The first-order valence-corrected chi connectivity index (χ1v) is 5.96. The third-order valence-electron chi connectivity index (χ3n) is 3.22. The minimum atomic E-state index is -0.800. The van der Waals surface area contributed by atoms with Crippen LogP contribution in [0.5, 0.6) is 5.88 Å². The Hall–Kier alpha value is -0.800. The predicted molar refractivity (Wildman–Crippen MR) is 62.8 cm³/mol. The number of nitrogens with zero attached hydrogens (tertiary/aromatic N) is 1. The second-order valence-electron chi connectivity index (χ2n) is 4.30. The Kier molecular flexibility index (Phi) is 3.36. The number of aliphatic hydroxyl groups is 1. The van der Waals surface area contributed by atoms with Crippen molar-refractivity contribution >= 4 is 11.6 Å². The molecule has 4 heteroatoms. The molecule has 0 radical (unpaired) electrons. The SMILES string of the molecule is COc1cc(C2(O)CCCCC2)c(Cl)cn1. The van der Waals surface area contributed by atoms with Gasteiger partial charge in [0.1, 0.15) is 0 Å². The maximum absolute atomic E-state index is 10.6. The van der Waals surface area contributed by atoms with E-state index < -0.39 is 5.60 Å². The van der Waals surface area contributed by atoms with Gasteiger partial charge in [-0.05, 0) is 12.8 Å². The van der Waals surface area contributed by atoms with Gasteiger partial charge < -0.3 is 9.84 Å². The maximum atomic E-state index is 10.6. The van der Waals surface area contributed by atoms with E-state index in [0.717, 1.165) is 31.2 Å². The van der Waals surface area contributed by atoms with Gasteiger partial charge in [0.25, 0.3) is 0 Å². The summed E-state index contributed by atoms with van der Waals surface area (Å²) in [5, 5.41) is 11.1. The van der Waals surface area contributed by atoms with Crippen molar-refractivity contribution in [3.8, 4) is 5.88 Å². The van der Waals surface area contributed by atoms with Crippen LogP contribution in [0.15, 0.2) is 12.3 Å². The molecule has 0 spiro atoms. The van der Waals surface area contributed by atoms with Gasteiger partial charge in [0, 0.05) is 17.8 Å². The van der Waals surface area contributed by atoms with Crippen LogP contribution in [0.2, 0.25) is 5.02 Å². The largest absolute Gasteiger partial charge is 0.481 e. The zero-order valence-electron chi connectivity index (χ0n) is 9.37. The highest BCUT2D eigenvalue weighted by atomic mass is 35.5. The second kappa shape index (κ2) is 4.60. The smallest absolute Gasteiger partial charge is 0.213 e. The Balaban J connectivity index is 2.37. The summed E-state index contributed by atoms with van der Waals surface area (Å²) >= 11 is 6.10. The predicted octanol–water partition coefficient (Wildman–Crippen LogP) is 2.90. The summed E-state index contributed by atoms with van der Waals surface area (Å²) in [4.78, 5) is 4.02. The van der Waals surface area contributed by atoms with Crippen LogP contribution in [0.1, 0.15) is 37.7 Å². The quantitative estimate of drug-likeness (QED) is 0.866. The number of rotatable bonds is 2. The number of hydrogen-bond acceptors (Lipinski definition) is 3. The molecular formula is C12H16ClNO2. The molecule has 1 fully saturated rings. The molecule has 0 amide bonds. The topological polar surface area (TPSA) is 42.4 Å². The van der Waals surface area contributed by atoms with Crippen LogP contribution in [-0.4, -0.2) is 17.2 Å². The Morgan fingerprint density at radius 3 is 2.69 bits per heavy atom. The van der Waals surface area contributed by atoms with Gasteiger partial charge in [-0.15, -0.1) is 0 Å². The molecule has 0 saturated heterocycles. The van der Waals surface area contributed by atoms with Crippen LogP contribution in [0.25, 0.3) is 0 Å². The van der Waals surface area contributed by atoms with Crippen molar-refractivity contribution in [3.05, 3.63) is 22.8 Å². The zero-order valence-corrected chi connectivity index (χ0v) is 10.1. The van der Waals surface area contributed by atoms with E-state index >= 15 is 0 Å². The molecule has 2 rings (SSSR count). The maximum Gasteiger partial charge on any atom is 0.213 e. The normalized spacial score (nSPS) is 19.4. The number of hydrogen-bond donors (Lipinski definition) is 1. The molecule has 1 aliphatic rings. The van der Waals surface area contributed by atoms with Crippen molar-refractivity contribution in [1.29, 1.82) is 0 Å². The van der Waals surface area contributed by atoms with Gasteiger partial charge in [-0.3, -0.25) is 0 Å². The first-order valence-electron chi connectivity index (χ1n) is 5.58. The van der Waals surface area contributed by atoms with Gasteiger partial charge in [-0.1, -0.05) is 30.9 Å². The van der Waals surface area contributed by atoms with E-state index in [-0.39, 0.29) is 0 Å². The molecule has 1 aliphatic carbocycles. The highest BCUT2D eigenvalue weighted by Crippen LogP contribution is 2.40. The summed E-state index contributed by atoms with van der Waals surface area (Å²) in [6, 6.07) is 1.74. The van der Waals surface area contributed by atoms with E-state index in [0.29, 0.717) is 10.9 Å². The minimum Gasteiger partial charge on any atom is -0.481 e. The van der Waals surface area contributed by atoms with Crippen molar-refractivity contribution in [2.45, 2.75) is 37.7 Å². The van der Waals surface area contributed by atoms with Crippen LogP contribution in [-0.2, 0) is 5.60 Å². The van der Waals surface area contributed by atoms with E-state index in [1.54, 1.807) is 19.4 Å². The summed E-state index contributed by atoms with van der Waals surface area (Å²) in [7, 11) is 1.56. The Morgan fingerprint density at radius 2 is 2.06 bits per heavy atom. The molecule has 0 unspecified atom stereocenters. The first-order chi connectivity index (χ1) is 7.65. The fraction of sp³-hybridized carbons (Fsp3) is 0.583. The van der Waals surface area contributed by atoms with Crippen LogP contribution in [0.3, 0.4) is 0 Å². The van der Waals surface area contributed by atoms with Crippen molar-refractivity contribution in [2.24, 2.45) is 0 Å². The fourth-order valence-electron chi connectivity index (χ4n) is 2.29. The summed E-state index contributed by atoms with van der Waals surface area (Å²) in [6.07, 6.45) is 6.33. The van der Waals surface area contributed by atoms with Gasteiger partial charge in [-0.25, -0.2) is 4.98 Å². The molecule has 1 aromatic heterocycles. The first kappa shape index (κ1) is 11.7. The molecule has 0 aliphatic heterocycles. The number of methoxy groups -OCH3 is 1. The van der Waals surface area contributed by atoms with Gasteiger partial charge in [0.2, 0.25) is 5.88 Å². The van der Waals surface area contributed by atoms with E-state index in [1.165, 1.54) is 6.42 Å². The number of pyridine rings is 1. The van der Waals surface area contributed by atoms with Crippen LogP contribution in [0.4, 0.5) is 0 Å². The van der Waals surface area contributed by atoms with Crippen molar-refractivity contribution in [3.63, 3.8) is 0 Å². The Labute approximate surface area is 100 Å². The molecule has 16 heavy (non-hydrogen) atoms. The number of ether oxygens (including phenoxy) is 1. The second-order valence-corrected chi connectivity index (χ2v) is 4.71. The summed E-state index contributed by atoms with van der Waals surface area (Å²) in [6.45, 7) is 0. The minimum absolute atomic E-state index is 0.499. The molecule has 3 nitrogen and oxygen atoms in total. The Bertz CT molecular complexity index is 375. The third kappa shape index (κ3) is 2.15. The summed E-state index contributed by atoms with van der Waals surface area (Å²) < 4.78 is 5.06. The fourth-order valence-corrected chi connectivity index (χ4v) is 2.57. The van der Waals surface area contributed by atoms with Crippen LogP contribution < -0.4 is 4.74 Å². The monoisotopic (exact) mass is 241 g/mol. The molecular weight excluding hydrogens is 226 g/mol. The van der Waals surface area contributed by atoms with E-state index in [9.17, 15) is 5.11 Å². The molecule has 0 aromatic carbocycles. The zero-order chi connectivity index (χ0) is 11.6. The van der Waals surface area contributed by atoms with Gasteiger partial charge >= 0.3 is 0 Å². The standard InChI is InChI=1S/C12H16ClNO2/c1-16-11-7-9(10(13)8-14-11)12(15)5-3-2-4-6-12/h7-8,15H,2-6H2,1H3. The van der Waals surface area contributed by atoms with Gasteiger partial charge in [0.05, 0.1) is 17.7 Å². The van der Waals surface area contributed by atoms with Crippen molar-refractivity contribution in [1.82, 2.24) is 4.98 Å². The van der Waals surface area contributed by atoms with Gasteiger partial charge in [-0.2, -0.15) is 0 Å². The molecule has 0 atom stereocenters. The highest BCUT2D eigenvalue weighted by Gasteiger charge is 2.33. The van der Waals surface area contributed by atoms with Crippen LogP contribution in [0, 0.1) is 0 Å². The van der Waals surface area contributed by atoms with E-state index in [4.69, 9.17) is 16.3 Å². The summed E-state index contributed by atoms with van der Waals surface area (Å²) in [5.41, 5.74) is -0.0494. The molecule has 88 valence electrons. The van der Waals surface area contributed by atoms with E-state index in [2.05, 4.69) is 4.98 Å². The number of aromatic nitrogens is 1. The highest BCUT2D eigenvalue weighted by molar-refractivity contribution is 6.31. The lowest BCUT2D eigenvalue weighted by molar-refractivity contribution is -0.000791. The molecule has 1 heterocycles. The lowest BCUT2D eigenvalue weighted by atomic mass is 9.80. The molecule has 0 bridgehead atoms. The van der Waals surface area contributed by atoms with Crippen molar-refractivity contribution < 1.29 is 9.84 Å². The molecule has 1 saturated carbocycles. The lowest BCUT2D eigenvalue weighted by Gasteiger charge is -2.33. The Morgan fingerprint density at radius 1 is 1.38 bits per heavy atom. The van der Waals surface area contributed by atoms with Crippen molar-refractivity contribution in [2.75, 3.05) is 7.11 Å². The van der Waals surface area contributed by atoms with E-state index in [1.807, 2.05) is 0 Å². The molecule has 1 aromatic rings. The average molecular weight is 242 g/mol. The van der Waals surface area contributed by atoms with Crippen LogP contribution >= 0.6 is 11.6 Å². The average Bonchev–Trinajstić information content (AvgIpc) is 2.30. The molecule has 1 N–H and O–H groups in total. The third-order valence-corrected chi connectivity index (χ3v) is 3.52. The van der Waals surface area contributed by atoms with Gasteiger partial charge in [0.15, 0.2) is 0 Å².